The Bertz CT molecular complexity index is 383. The predicted octanol–water partition coefficient (Wildman–Crippen LogP) is 2.36. The average Bonchev–Trinajstić information content (AvgIpc) is 2.47. The van der Waals surface area contributed by atoms with Gasteiger partial charge in [-0.05, 0) is 18.9 Å². The van der Waals surface area contributed by atoms with Gasteiger partial charge in [-0.3, -0.25) is 4.79 Å². The van der Waals surface area contributed by atoms with E-state index in [0.717, 1.165) is 12.0 Å². The van der Waals surface area contributed by atoms with Gasteiger partial charge >= 0.3 is 0 Å². The SMILES string of the molecule is C=C1CC(C)N(Cc2ccccc2)C1=O. The van der Waals surface area contributed by atoms with Crippen LogP contribution in [0.3, 0.4) is 0 Å². The first-order valence-electron chi connectivity index (χ1n) is 5.21. The number of nitrogens with zero attached hydrogens (tertiary/aromatic N) is 1. The van der Waals surface area contributed by atoms with Gasteiger partial charge in [-0.25, -0.2) is 0 Å². The zero-order chi connectivity index (χ0) is 10.8. The maximum absolute atomic E-state index is 11.7. The summed E-state index contributed by atoms with van der Waals surface area (Å²) in [6.45, 7) is 6.55. The molecule has 2 heteroatoms. The molecule has 0 saturated carbocycles. The third-order valence-electron chi connectivity index (χ3n) is 2.83. The lowest BCUT2D eigenvalue weighted by molar-refractivity contribution is -0.126. The molecular weight excluding hydrogens is 186 g/mol. The van der Waals surface area contributed by atoms with Crippen LogP contribution in [-0.2, 0) is 11.3 Å². The molecule has 0 aliphatic carbocycles. The number of rotatable bonds is 2. The maximum Gasteiger partial charge on any atom is 0.249 e. The Morgan fingerprint density at radius 3 is 2.60 bits per heavy atom. The first-order valence-corrected chi connectivity index (χ1v) is 5.21. The smallest absolute Gasteiger partial charge is 0.249 e. The van der Waals surface area contributed by atoms with Crippen molar-refractivity contribution in [1.82, 2.24) is 4.90 Å². The van der Waals surface area contributed by atoms with Gasteiger partial charge in [0, 0.05) is 18.2 Å². The third kappa shape index (κ3) is 1.94. The quantitative estimate of drug-likeness (QED) is 0.673. The lowest BCUT2D eigenvalue weighted by Gasteiger charge is -2.21. The molecule has 0 aromatic heterocycles. The van der Waals surface area contributed by atoms with Crippen molar-refractivity contribution < 1.29 is 4.79 Å². The molecule has 2 nitrogen and oxygen atoms in total. The lowest BCUT2D eigenvalue weighted by atomic mass is 10.2. The topological polar surface area (TPSA) is 20.3 Å². The minimum atomic E-state index is 0.103. The number of hydrogen-bond acceptors (Lipinski definition) is 1. The number of hydrogen-bond donors (Lipinski definition) is 0. The first-order chi connectivity index (χ1) is 7.18. The van der Waals surface area contributed by atoms with Crippen molar-refractivity contribution in [2.45, 2.75) is 25.9 Å². The van der Waals surface area contributed by atoms with Crippen LogP contribution in [0.5, 0.6) is 0 Å². The van der Waals surface area contributed by atoms with Crippen molar-refractivity contribution in [2.24, 2.45) is 0 Å². The van der Waals surface area contributed by atoms with Gasteiger partial charge in [-0.2, -0.15) is 0 Å². The Hall–Kier alpha value is -1.57. The van der Waals surface area contributed by atoms with E-state index in [0.29, 0.717) is 6.54 Å². The molecule has 1 aromatic rings. The molecule has 1 heterocycles. The number of likely N-dealkylation sites (tertiary alicyclic amines) is 1. The molecule has 0 bridgehead atoms. The average molecular weight is 201 g/mol. The Balaban J connectivity index is 2.13. The molecule has 1 fully saturated rings. The molecule has 1 aromatic carbocycles. The minimum absolute atomic E-state index is 0.103. The van der Waals surface area contributed by atoms with Crippen LogP contribution in [0.1, 0.15) is 18.9 Å². The largest absolute Gasteiger partial charge is 0.332 e. The molecule has 15 heavy (non-hydrogen) atoms. The molecular formula is C13H15NO. The lowest BCUT2D eigenvalue weighted by Crippen LogP contribution is -2.30. The van der Waals surface area contributed by atoms with Gasteiger partial charge in [0.1, 0.15) is 0 Å². The fourth-order valence-corrected chi connectivity index (χ4v) is 1.97. The van der Waals surface area contributed by atoms with E-state index < -0.39 is 0 Å². The third-order valence-corrected chi connectivity index (χ3v) is 2.83. The normalized spacial score (nSPS) is 21.1. The summed E-state index contributed by atoms with van der Waals surface area (Å²) in [6.07, 6.45) is 0.797. The van der Waals surface area contributed by atoms with E-state index in [4.69, 9.17) is 0 Å². The molecule has 78 valence electrons. The summed E-state index contributed by atoms with van der Waals surface area (Å²) < 4.78 is 0. The zero-order valence-electron chi connectivity index (χ0n) is 8.94. The van der Waals surface area contributed by atoms with Crippen LogP contribution in [0, 0.1) is 0 Å². The highest BCUT2D eigenvalue weighted by Crippen LogP contribution is 2.24. The molecule has 1 amide bonds. The molecule has 0 spiro atoms. The molecule has 1 saturated heterocycles. The van der Waals surface area contributed by atoms with E-state index in [1.807, 2.05) is 35.2 Å². The van der Waals surface area contributed by atoms with Gasteiger partial charge in [-0.15, -0.1) is 0 Å². The highest BCUT2D eigenvalue weighted by molar-refractivity contribution is 5.95. The maximum atomic E-state index is 11.7. The second-order valence-electron chi connectivity index (χ2n) is 4.08. The van der Waals surface area contributed by atoms with Crippen molar-refractivity contribution in [1.29, 1.82) is 0 Å². The van der Waals surface area contributed by atoms with Crippen LogP contribution >= 0.6 is 0 Å². The number of amides is 1. The van der Waals surface area contributed by atoms with Crippen molar-refractivity contribution >= 4 is 5.91 Å². The second-order valence-corrected chi connectivity index (χ2v) is 4.08. The standard InChI is InChI=1S/C13H15NO/c1-10-8-11(2)14(13(10)15)9-12-6-4-3-5-7-12/h3-7,11H,1,8-9H2,2H3. The van der Waals surface area contributed by atoms with Crippen LogP contribution in [0.25, 0.3) is 0 Å². The number of benzene rings is 1. The van der Waals surface area contributed by atoms with E-state index in [1.165, 1.54) is 5.56 Å². The van der Waals surface area contributed by atoms with Gasteiger partial charge in [0.2, 0.25) is 5.91 Å². The molecule has 0 radical (unpaired) electrons. The minimum Gasteiger partial charge on any atom is -0.332 e. The first kappa shape index (κ1) is 9.97. The summed E-state index contributed by atoms with van der Waals surface area (Å²) in [5, 5.41) is 0. The predicted molar refractivity (Wildman–Crippen MR) is 60.2 cm³/mol. The Morgan fingerprint density at radius 1 is 1.40 bits per heavy atom. The van der Waals surface area contributed by atoms with Crippen molar-refractivity contribution in [3.05, 3.63) is 48.0 Å². The number of carbonyl (C=O) groups is 1. The van der Waals surface area contributed by atoms with Gasteiger partial charge in [-0.1, -0.05) is 36.9 Å². The molecule has 0 N–H and O–H groups in total. The van der Waals surface area contributed by atoms with E-state index in [-0.39, 0.29) is 11.9 Å². The Morgan fingerprint density at radius 2 is 2.07 bits per heavy atom. The van der Waals surface area contributed by atoms with Crippen LogP contribution in [-0.4, -0.2) is 16.8 Å². The highest BCUT2D eigenvalue weighted by Gasteiger charge is 2.30. The fraction of sp³-hybridized carbons (Fsp3) is 0.308. The van der Waals surface area contributed by atoms with Gasteiger partial charge in [0.25, 0.3) is 0 Å². The summed E-state index contributed by atoms with van der Waals surface area (Å²) >= 11 is 0. The summed E-state index contributed by atoms with van der Waals surface area (Å²) in [4.78, 5) is 13.6. The summed E-state index contributed by atoms with van der Waals surface area (Å²) in [5.74, 6) is 0.103. The summed E-state index contributed by atoms with van der Waals surface area (Å²) in [7, 11) is 0. The molecule has 1 aliphatic rings. The molecule has 1 aliphatic heterocycles. The van der Waals surface area contributed by atoms with Crippen molar-refractivity contribution in [3.63, 3.8) is 0 Å². The van der Waals surface area contributed by atoms with E-state index >= 15 is 0 Å². The van der Waals surface area contributed by atoms with Gasteiger partial charge < -0.3 is 4.90 Å². The van der Waals surface area contributed by atoms with Crippen molar-refractivity contribution in [3.8, 4) is 0 Å². The van der Waals surface area contributed by atoms with Gasteiger partial charge in [0.15, 0.2) is 0 Å². The Labute approximate surface area is 90.2 Å². The van der Waals surface area contributed by atoms with E-state index in [1.54, 1.807) is 0 Å². The number of carbonyl (C=O) groups excluding carboxylic acids is 1. The molecule has 1 unspecified atom stereocenters. The monoisotopic (exact) mass is 201 g/mol. The van der Waals surface area contributed by atoms with E-state index in [2.05, 4.69) is 13.5 Å². The van der Waals surface area contributed by atoms with Gasteiger partial charge in [0.05, 0.1) is 0 Å². The van der Waals surface area contributed by atoms with Crippen LogP contribution < -0.4 is 0 Å². The summed E-state index contributed by atoms with van der Waals surface area (Å²) in [5.41, 5.74) is 1.91. The van der Waals surface area contributed by atoms with Crippen LogP contribution in [0.4, 0.5) is 0 Å². The van der Waals surface area contributed by atoms with Crippen LogP contribution in [0.2, 0.25) is 0 Å². The van der Waals surface area contributed by atoms with E-state index in [9.17, 15) is 4.79 Å². The molecule has 1 atom stereocenters. The molecule has 2 rings (SSSR count). The summed E-state index contributed by atoms with van der Waals surface area (Å²) in [6, 6.07) is 10.3. The zero-order valence-corrected chi connectivity index (χ0v) is 8.94. The highest BCUT2D eigenvalue weighted by atomic mass is 16.2. The Kier molecular flexibility index (Phi) is 2.58. The van der Waals surface area contributed by atoms with Crippen molar-refractivity contribution in [2.75, 3.05) is 0 Å². The fourth-order valence-electron chi connectivity index (χ4n) is 1.97. The second kappa shape index (κ2) is 3.89. The van der Waals surface area contributed by atoms with Crippen LogP contribution in [0.15, 0.2) is 42.5 Å².